The number of aliphatic hydroxyl groups excluding tert-OH is 2. The summed E-state index contributed by atoms with van der Waals surface area (Å²) in [5.41, 5.74) is 0. The lowest BCUT2D eigenvalue weighted by Crippen LogP contribution is -2.37. The predicted octanol–water partition coefficient (Wildman–Crippen LogP) is 9.05. The third kappa shape index (κ3) is 30.1. The van der Waals surface area contributed by atoms with Gasteiger partial charge >= 0.3 is 19.8 Å². The Bertz CT molecular complexity index is 1350. The van der Waals surface area contributed by atoms with Crippen LogP contribution in [0.2, 0.25) is 0 Å². The highest BCUT2D eigenvalue weighted by molar-refractivity contribution is 7.47. The van der Waals surface area contributed by atoms with Gasteiger partial charge in [-0.05, 0) is 64.2 Å². The fourth-order valence-corrected chi connectivity index (χ4v) is 7.10. The van der Waals surface area contributed by atoms with E-state index >= 15 is 0 Å². The molecule has 0 aromatic carbocycles. The molecule has 1 rings (SSSR count). The number of ether oxygens (including phenoxy) is 2. The summed E-state index contributed by atoms with van der Waals surface area (Å²) in [6.45, 7) is 3.85. The first-order valence-electron chi connectivity index (χ1n) is 22.1. The highest BCUT2D eigenvalue weighted by atomic mass is 31.2. The average Bonchev–Trinajstić information content (AvgIpc) is 3.44. The summed E-state index contributed by atoms with van der Waals surface area (Å²) in [6, 6.07) is 0. The van der Waals surface area contributed by atoms with E-state index in [2.05, 4.69) is 50.3 Å². The molecule has 1 fully saturated rings. The van der Waals surface area contributed by atoms with Gasteiger partial charge in [-0.3, -0.25) is 23.4 Å². The SMILES string of the molecule is CC/C=C\C/C=C\C/C=C\CCCCCCCC(=O)OC[C@H](COP(=O)(O)OCC[N+](C)(C)C)OC(=O)CCC/C=C\C[C@H]1[C@@H](O)CC(=O)[C@@H]1/C=C/[C@@H](O)CCCCC. The molecule has 338 valence electrons. The number of phosphoric ester groups is 1. The molecule has 0 amide bonds. The highest BCUT2D eigenvalue weighted by Gasteiger charge is 2.39. The molecule has 0 saturated heterocycles. The smallest absolute Gasteiger partial charge is 0.462 e. The fourth-order valence-electron chi connectivity index (χ4n) is 6.36. The van der Waals surface area contributed by atoms with E-state index in [4.69, 9.17) is 18.5 Å². The number of allylic oxidation sites excluding steroid dienone is 9. The summed E-state index contributed by atoms with van der Waals surface area (Å²) >= 11 is 0. The molecule has 0 spiro atoms. The van der Waals surface area contributed by atoms with E-state index in [1.54, 1.807) is 12.2 Å². The van der Waals surface area contributed by atoms with Gasteiger partial charge in [0.15, 0.2) is 6.10 Å². The van der Waals surface area contributed by atoms with E-state index in [0.717, 1.165) is 70.6 Å². The number of carbonyl (C=O) groups excluding carboxylic acids is 3. The van der Waals surface area contributed by atoms with Crippen molar-refractivity contribution >= 4 is 25.5 Å². The average molecular weight is 853 g/mol. The number of aliphatic hydroxyl groups is 2. The summed E-state index contributed by atoms with van der Waals surface area (Å²) < 4.78 is 34.2. The number of Topliss-reactive ketones (excluding diaryl/α,β-unsaturated/α-hetero) is 1. The summed E-state index contributed by atoms with van der Waals surface area (Å²) in [5.74, 6) is -1.78. The third-order valence-corrected chi connectivity index (χ3v) is 10.9. The number of hydrogen-bond donors (Lipinski definition) is 3. The second kappa shape index (κ2) is 33.0. The molecule has 0 aromatic rings. The van der Waals surface area contributed by atoms with Crippen LogP contribution in [0.3, 0.4) is 0 Å². The van der Waals surface area contributed by atoms with E-state index < -0.39 is 50.6 Å². The van der Waals surface area contributed by atoms with Gasteiger partial charge in [-0.1, -0.05) is 113 Å². The van der Waals surface area contributed by atoms with Gasteiger partial charge in [-0.2, -0.15) is 0 Å². The van der Waals surface area contributed by atoms with E-state index in [9.17, 15) is 34.1 Å². The number of carbonyl (C=O) groups is 3. The predicted molar refractivity (Wildman–Crippen MR) is 234 cm³/mol. The Morgan fingerprint density at radius 3 is 2.17 bits per heavy atom. The van der Waals surface area contributed by atoms with Crippen LogP contribution in [0.4, 0.5) is 0 Å². The quantitative estimate of drug-likeness (QED) is 0.0183. The van der Waals surface area contributed by atoms with Crippen molar-refractivity contribution < 1.29 is 57.1 Å². The van der Waals surface area contributed by atoms with Crippen molar-refractivity contribution in [2.24, 2.45) is 11.8 Å². The third-order valence-electron chi connectivity index (χ3n) is 9.91. The lowest BCUT2D eigenvalue weighted by Gasteiger charge is -2.24. The van der Waals surface area contributed by atoms with Crippen LogP contribution in [0.1, 0.15) is 136 Å². The number of hydrogen-bond acceptors (Lipinski definition) is 10. The molecular formula is C46H79NO11P+. The van der Waals surface area contributed by atoms with Crippen LogP contribution in [0.15, 0.2) is 60.8 Å². The molecule has 0 bridgehead atoms. The molecule has 0 aromatic heterocycles. The van der Waals surface area contributed by atoms with Crippen LogP contribution in [0.5, 0.6) is 0 Å². The number of ketones is 1. The van der Waals surface area contributed by atoms with Crippen molar-refractivity contribution in [2.45, 2.75) is 154 Å². The minimum Gasteiger partial charge on any atom is -0.462 e. The normalized spacial score (nSPS) is 19.8. The molecule has 12 nitrogen and oxygen atoms in total. The van der Waals surface area contributed by atoms with E-state index in [1.165, 1.54) is 0 Å². The van der Waals surface area contributed by atoms with Gasteiger partial charge in [0, 0.05) is 31.1 Å². The van der Waals surface area contributed by atoms with Crippen LogP contribution < -0.4 is 0 Å². The second-order valence-electron chi connectivity index (χ2n) is 16.5. The second-order valence-corrected chi connectivity index (χ2v) is 17.9. The Labute approximate surface area is 356 Å². The van der Waals surface area contributed by atoms with Crippen LogP contribution in [0, 0.1) is 11.8 Å². The van der Waals surface area contributed by atoms with E-state index in [-0.39, 0.29) is 44.2 Å². The largest absolute Gasteiger partial charge is 0.472 e. The molecule has 0 radical (unpaired) electrons. The lowest BCUT2D eigenvalue weighted by molar-refractivity contribution is -0.870. The minimum absolute atomic E-state index is 0.0222. The molecule has 1 aliphatic carbocycles. The number of unbranched alkanes of at least 4 members (excludes halogenated alkanes) is 8. The number of nitrogens with zero attached hydrogens (tertiary/aromatic N) is 1. The van der Waals surface area contributed by atoms with Gasteiger partial charge in [-0.25, -0.2) is 4.57 Å². The maximum atomic E-state index is 12.8. The van der Waals surface area contributed by atoms with Gasteiger partial charge in [0.1, 0.15) is 25.5 Å². The van der Waals surface area contributed by atoms with Crippen LogP contribution >= 0.6 is 7.82 Å². The van der Waals surface area contributed by atoms with Crippen LogP contribution in [0.25, 0.3) is 0 Å². The van der Waals surface area contributed by atoms with Gasteiger partial charge in [0.2, 0.25) is 0 Å². The Balaban J connectivity index is 2.54. The van der Waals surface area contributed by atoms with Crippen LogP contribution in [-0.2, 0) is 37.5 Å². The highest BCUT2D eigenvalue weighted by Crippen LogP contribution is 2.43. The summed E-state index contributed by atoms with van der Waals surface area (Å²) in [6.07, 6.45) is 32.1. The number of phosphoric acid groups is 1. The summed E-state index contributed by atoms with van der Waals surface area (Å²) in [7, 11) is 1.29. The molecule has 3 N–H and O–H groups in total. The fraction of sp³-hybridized carbons (Fsp3) is 0.717. The standard InChI is InChI=1S/C46H78NO11P/c1-6-8-10-11-12-13-14-15-16-17-18-19-20-21-26-30-45(51)55-37-40(38-57-59(53,54)56-35-34-47(3,4)5)58-46(52)31-27-23-22-25-29-41-42(44(50)36-43(41)49)33-32-39(48)28-24-9-7-2/h8,10,12-13,15-16,22,25,32-33,39-43,48-49H,6-7,9,11,14,17-21,23-24,26-31,34-38H2,1-5H3/p+1/b10-8-,13-12-,16-15-,25-22-,33-32+/t39-,40+,41+,42+,43-/m0/s1. The van der Waals surface area contributed by atoms with Crippen molar-refractivity contribution in [3.8, 4) is 0 Å². The number of esters is 2. The molecule has 1 unspecified atom stereocenters. The lowest BCUT2D eigenvalue weighted by atomic mass is 9.90. The van der Waals surface area contributed by atoms with E-state index in [1.807, 2.05) is 33.3 Å². The zero-order chi connectivity index (χ0) is 43.8. The molecule has 59 heavy (non-hydrogen) atoms. The van der Waals surface area contributed by atoms with Crippen molar-refractivity contribution in [3.63, 3.8) is 0 Å². The summed E-state index contributed by atoms with van der Waals surface area (Å²) in [4.78, 5) is 48.1. The minimum atomic E-state index is -4.46. The molecule has 13 heteroatoms. The maximum absolute atomic E-state index is 12.8. The first-order chi connectivity index (χ1) is 28.2. The van der Waals surface area contributed by atoms with E-state index in [0.29, 0.717) is 43.1 Å². The zero-order valence-electron chi connectivity index (χ0n) is 36.9. The Hall–Kier alpha value is -2.70. The van der Waals surface area contributed by atoms with Crippen molar-refractivity contribution in [2.75, 3.05) is 47.5 Å². The van der Waals surface area contributed by atoms with Gasteiger partial charge in [0.25, 0.3) is 0 Å². The van der Waals surface area contributed by atoms with Gasteiger partial charge < -0.3 is 29.1 Å². The Morgan fingerprint density at radius 1 is 0.814 bits per heavy atom. The Kier molecular flexibility index (Phi) is 30.4. The van der Waals surface area contributed by atoms with Crippen molar-refractivity contribution in [3.05, 3.63) is 60.8 Å². The molecule has 0 heterocycles. The topological polar surface area (TPSA) is 166 Å². The number of rotatable bonds is 35. The van der Waals surface area contributed by atoms with Crippen molar-refractivity contribution in [1.29, 1.82) is 0 Å². The first-order valence-corrected chi connectivity index (χ1v) is 23.6. The molecule has 1 aliphatic rings. The van der Waals surface area contributed by atoms with Crippen molar-refractivity contribution in [1.82, 2.24) is 0 Å². The monoisotopic (exact) mass is 853 g/mol. The van der Waals surface area contributed by atoms with Crippen LogP contribution in [-0.4, -0.2) is 103 Å². The zero-order valence-corrected chi connectivity index (χ0v) is 37.8. The number of likely N-dealkylation sites (N-methyl/N-ethyl adjacent to an activating group) is 1. The Morgan fingerprint density at radius 2 is 1.46 bits per heavy atom. The van der Waals surface area contributed by atoms with Gasteiger partial charge in [0.05, 0.1) is 40.0 Å². The molecule has 0 aliphatic heterocycles. The molecule has 6 atom stereocenters. The summed E-state index contributed by atoms with van der Waals surface area (Å²) in [5, 5.41) is 20.8. The maximum Gasteiger partial charge on any atom is 0.472 e. The number of quaternary nitrogens is 1. The molecular weight excluding hydrogens is 773 g/mol. The molecule has 1 saturated carbocycles. The van der Waals surface area contributed by atoms with Gasteiger partial charge in [-0.15, -0.1) is 0 Å². The first kappa shape index (κ1) is 54.3.